The number of aryl methyl sites for hydroxylation is 1. The zero-order valence-corrected chi connectivity index (χ0v) is 17.8. The fraction of sp³-hybridized carbons (Fsp3) is 0.136. The summed E-state index contributed by atoms with van der Waals surface area (Å²) in [5.41, 5.74) is 2.97. The third kappa shape index (κ3) is 4.75. The highest BCUT2D eigenvalue weighted by Crippen LogP contribution is 2.28. The number of benzene rings is 2. The van der Waals surface area contributed by atoms with Gasteiger partial charge in [0.05, 0.1) is 18.6 Å². The van der Waals surface area contributed by atoms with E-state index in [-0.39, 0.29) is 11.7 Å². The molecule has 0 aliphatic carbocycles. The van der Waals surface area contributed by atoms with E-state index >= 15 is 0 Å². The largest absolute Gasteiger partial charge is 0.467 e. The highest BCUT2D eigenvalue weighted by atomic mass is 35.5. The van der Waals surface area contributed by atoms with Crippen LogP contribution < -0.4 is 5.32 Å². The number of amides is 1. The Morgan fingerprint density at radius 3 is 2.57 bits per heavy atom. The maximum atomic E-state index is 12.3. The van der Waals surface area contributed by atoms with Gasteiger partial charge in [-0.2, -0.15) is 0 Å². The summed E-state index contributed by atoms with van der Waals surface area (Å²) < 4.78 is 7.19. The highest BCUT2D eigenvalue weighted by Gasteiger charge is 2.17. The molecule has 0 bridgehead atoms. The summed E-state index contributed by atoms with van der Waals surface area (Å²) in [6, 6.07) is 19.1. The Kier molecular flexibility index (Phi) is 6.21. The van der Waals surface area contributed by atoms with Crippen molar-refractivity contribution < 1.29 is 9.21 Å². The normalized spacial score (nSPS) is 10.9. The van der Waals surface area contributed by atoms with E-state index in [2.05, 4.69) is 15.5 Å². The smallest absolute Gasteiger partial charge is 0.230 e. The number of rotatable bonds is 7. The van der Waals surface area contributed by atoms with Crippen molar-refractivity contribution in [1.29, 1.82) is 0 Å². The van der Waals surface area contributed by atoms with Crippen molar-refractivity contribution in [2.45, 2.75) is 18.6 Å². The molecule has 0 saturated heterocycles. The summed E-state index contributed by atoms with van der Waals surface area (Å²) in [4.78, 5) is 12.3. The van der Waals surface area contributed by atoms with E-state index in [4.69, 9.17) is 16.0 Å². The minimum atomic E-state index is -0.108. The van der Waals surface area contributed by atoms with E-state index < -0.39 is 0 Å². The lowest BCUT2D eigenvalue weighted by Gasteiger charge is -2.11. The Balaban J connectivity index is 1.57. The summed E-state index contributed by atoms with van der Waals surface area (Å²) >= 11 is 7.36. The average Bonchev–Trinajstić information content (AvgIpc) is 3.42. The van der Waals surface area contributed by atoms with Crippen molar-refractivity contribution in [2.24, 2.45) is 0 Å². The lowest BCUT2D eigenvalue weighted by molar-refractivity contribution is -0.118. The van der Waals surface area contributed by atoms with Crippen LogP contribution in [0.25, 0.3) is 17.1 Å². The predicted molar refractivity (Wildman–Crippen MR) is 118 cm³/mol. The van der Waals surface area contributed by atoms with E-state index in [1.54, 1.807) is 12.3 Å². The second-order valence-electron chi connectivity index (χ2n) is 6.63. The van der Waals surface area contributed by atoms with Crippen LogP contribution in [0.1, 0.15) is 11.3 Å². The fourth-order valence-electron chi connectivity index (χ4n) is 2.86. The van der Waals surface area contributed by atoms with Crippen LogP contribution in [0.4, 0.5) is 0 Å². The van der Waals surface area contributed by atoms with E-state index in [0.717, 1.165) is 16.8 Å². The molecule has 0 aliphatic rings. The van der Waals surface area contributed by atoms with Crippen LogP contribution in [0.3, 0.4) is 0 Å². The van der Waals surface area contributed by atoms with Gasteiger partial charge in [-0.25, -0.2) is 0 Å². The molecule has 152 valence electrons. The molecule has 0 aliphatic heterocycles. The van der Waals surface area contributed by atoms with Gasteiger partial charge in [0.15, 0.2) is 11.0 Å². The van der Waals surface area contributed by atoms with E-state index in [1.165, 1.54) is 11.8 Å². The van der Waals surface area contributed by atoms with Crippen LogP contribution in [0.15, 0.2) is 76.5 Å². The first-order chi connectivity index (χ1) is 14.6. The van der Waals surface area contributed by atoms with E-state index in [1.807, 2.05) is 66.1 Å². The Morgan fingerprint density at radius 2 is 1.87 bits per heavy atom. The fourth-order valence-corrected chi connectivity index (χ4v) is 3.76. The topological polar surface area (TPSA) is 73.0 Å². The molecule has 2 heterocycles. The Hall–Kier alpha value is -3.03. The lowest BCUT2D eigenvalue weighted by atomic mass is 10.2. The van der Waals surface area contributed by atoms with Crippen LogP contribution in [-0.2, 0) is 11.3 Å². The molecule has 1 N–H and O–H groups in total. The van der Waals surface area contributed by atoms with Crippen molar-refractivity contribution >= 4 is 29.3 Å². The first-order valence-corrected chi connectivity index (χ1v) is 10.7. The first kappa shape index (κ1) is 20.3. The maximum absolute atomic E-state index is 12.3. The number of halogens is 1. The van der Waals surface area contributed by atoms with Gasteiger partial charge in [0.2, 0.25) is 5.91 Å². The molecule has 0 spiro atoms. The molecular formula is C22H19ClN4O2S. The van der Waals surface area contributed by atoms with Gasteiger partial charge in [0, 0.05) is 16.3 Å². The second-order valence-corrected chi connectivity index (χ2v) is 8.01. The van der Waals surface area contributed by atoms with Crippen LogP contribution in [0, 0.1) is 6.92 Å². The molecule has 0 fully saturated rings. The number of carbonyl (C=O) groups excluding carboxylic acids is 1. The predicted octanol–water partition coefficient (Wildman–Crippen LogP) is 4.90. The number of carbonyl (C=O) groups is 1. The second kappa shape index (κ2) is 9.19. The summed E-state index contributed by atoms with van der Waals surface area (Å²) in [6.45, 7) is 2.39. The zero-order chi connectivity index (χ0) is 20.9. The van der Waals surface area contributed by atoms with Crippen LogP contribution >= 0.6 is 23.4 Å². The number of nitrogens with one attached hydrogen (secondary N) is 1. The molecule has 4 aromatic rings. The average molecular weight is 439 g/mol. The van der Waals surface area contributed by atoms with Gasteiger partial charge in [0.1, 0.15) is 5.76 Å². The van der Waals surface area contributed by atoms with Crippen molar-refractivity contribution in [1.82, 2.24) is 20.1 Å². The van der Waals surface area contributed by atoms with E-state index in [0.29, 0.717) is 28.3 Å². The summed E-state index contributed by atoms with van der Waals surface area (Å²) in [7, 11) is 0. The number of hydrogen-bond donors (Lipinski definition) is 1. The van der Waals surface area contributed by atoms with Gasteiger partial charge < -0.3 is 9.73 Å². The Labute approximate surface area is 183 Å². The van der Waals surface area contributed by atoms with Gasteiger partial charge in [-0.3, -0.25) is 9.36 Å². The van der Waals surface area contributed by atoms with Crippen LogP contribution in [0.5, 0.6) is 0 Å². The zero-order valence-electron chi connectivity index (χ0n) is 16.2. The Morgan fingerprint density at radius 1 is 1.10 bits per heavy atom. The van der Waals surface area contributed by atoms with Crippen molar-refractivity contribution in [3.63, 3.8) is 0 Å². The molecule has 30 heavy (non-hydrogen) atoms. The van der Waals surface area contributed by atoms with Crippen molar-refractivity contribution in [2.75, 3.05) is 5.75 Å². The standard InChI is InChI=1S/C22H19ClN4O2S/c1-15-4-10-18(11-5-15)27-21(16-6-8-17(23)9-7-16)25-26-22(27)30-14-20(28)24-13-19-3-2-12-29-19/h2-12H,13-14H2,1H3,(H,24,28). The minimum Gasteiger partial charge on any atom is -0.467 e. The SMILES string of the molecule is Cc1ccc(-n2c(SCC(=O)NCc3ccco3)nnc2-c2ccc(Cl)cc2)cc1. The maximum Gasteiger partial charge on any atom is 0.230 e. The number of thioether (sulfide) groups is 1. The van der Waals surface area contributed by atoms with Gasteiger partial charge in [-0.15, -0.1) is 10.2 Å². The highest BCUT2D eigenvalue weighted by molar-refractivity contribution is 7.99. The molecule has 8 heteroatoms. The molecule has 0 atom stereocenters. The quantitative estimate of drug-likeness (QED) is 0.415. The number of furan rings is 1. The van der Waals surface area contributed by atoms with Crippen LogP contribution in [0.2, 0.25) is 5.02 Å². The third-order valence-electron chi connectivity index (χ3n) is 4.40. The monoisotopic (exact) mass is 438 g/mol. The van der Waals surface area contributed by atoms with Crippen LogP contribution in [-0.4, -0.2) is 26.4 Å². The van der Waals surface area contributed by atoms with Gasteiger partial charge in [0.25, 0.3) is 0 Å². The minimum absolute atomic E-state index is 0.108. The lowest BCUT2D eigenvalue weighted by Crippen LogP contribution is -2.24. The van der Waals surface area contributed by atoms with Gasteiger partial charge in [-0.05, 0) is 55.5 Å². The molecule has 0 unspecified atom stereocenters. The Bertz CT molecular complexity index is 1120. The first-order valence-electron chi connectivity index (χ1n) is 9.30. The molecule has 2 aromatic heterocycles. The van der Waals surface area contributed by atoms with Crippen molar-refractivity contribution in [3.8, 4) is 17.1 Å². The number of nitrogens with zero attached hydrogens (tertiary/aromatic N) is 3. The summed E-state index contributed by atoms with van der Waals surface area (Å²) in [5.74, 6) is 1.50. The van der Waals surface area contributed by atoms with E-state index in [9.17, 15) is 4.79 Å². The number of hydrogen-bond acceptors (Lipinski definition) is 5. The molecule has 1 amide bonds. The summed E-state index contributed by atoms with van der Waals surface area (Å²) in [5, 5.41) is 12.9. The third-order valence-corrected chi connectivity index (χ3v) is 5.58. The van der Waals surface area contributed by atoms with Gasteiger partial charge in [-0.1, -0.05) is 41.1 Å². The molecule has 0 saturated carbocycles. The van der Waals surface area contributed by atoms with Gasteiger partial charge >= 0.3 is 0 Å². The molecule has 2 aromatic carbocycles. The molecule has 6 nitrogen and oxygen atoms in total. The molecule has 0 radical (unpaired) electrons. The van der Waals surface area contributed by atoms with Crippen molar-refractivity contribution in [3.05, 3.63) is 83.3 Å². The molecule has 4 rings (SSSR count). The molecular weight excluding hydrogens is 420 g/mol. The summed E-state index contributed by atoms with van der Waals surface area (Å²) in [6.07, 6.45) is 1.58. The number of aromatic nitrogens is 3.